The van der Waals surface area contributed by atoms with Crippen molar-refractivity contribution >= 4 is 18.1 Å². The lowest BCUT2D eigenvalue weighted by molar-refractivity contribution is -0.492. The van der Waals surface area contributed by atoms with Gasteiger partial charge in [-0.05, 0) is 12.8 Å². The summed E-state index contributed by atoms with van der Waals surface area (Å²) in [5, 5.41) is 24.5. The Bertz CT molecular complexity index is 389. The Morgan fingerprint density at radius 1 is 1.13 bits per heavy atom. The highest BCUT2D eigenvalue weighted by Gasteiger charge is 2.22. The van der Waals surface area contributed by atoms with Crippen LogP contribution in [0.4, 0.5) is 4.79 Å². The normalized spacial score (nSPS) is 13.3. The molecule has 2 unspecified atom stereocenters. The van der Waals surface area contributed by atoms with Crippen molar-refractivity contribution < 1.29 is 49.0 Å². The summed E-state index contributed by atoms with van der Waals surface area (Å²) in [5.41, 5.74) is 5.27. The maximum atomic E-state index is 11.4. The molecule has 12 nitrogen and oxygen atoms in total. The van der Waals surface area contributed by atoms with E-state index in [4.69, 9.17) is 21.3 Å². The molecule has 23 heavy (non-hydrogen) atoms. The van der Waals surface area contributed by atoms with Gasteiger partial charge in [-0.1, -0.05) is 0 Å². The van der Waals surface area contributed by atoms with Crippen molar-refractivity contribution in [2.45, 2.75) is 38.5 Å². The molecule has 0 amide bonds. The molecule has 0 aromatic carbocycles. The minimum atomic E-state index is -1.37. The fourth-order valence-electron chi connectivity index (χ4n) is 1.22. The van der Waals surface area contributed by atoms with E-state index in [1.165, 1.54) is 6.92 Å². The number of hydrogen-bond donors (Lipinski definition) is 4. The Kier molecular flexibility index (Phi) is 10.6. The number of nitrogens with zero attached hydrogens (tertiary/aromatic N) is 1. The summed E-state index contributed by atoms with van der Waals surface area (Å²) in [7, 11) is 0. The lowest BCUT2D eigenvalue weighted by Gasteiger charge is -2.16. The zero-order valence-corrected chi connectivity index (χ0v) is 12.4. The summed E-state index contributed by atoms with van der Waals surface area (Å²) in [6, 6.07) is -1.37. The summed E-state index contributed by atoms with van der Waals surface area (Å²) >= 11 is 0. The molecule has 0 rings (SSSR count). The SMILES string of the molecule is CC(OC(=O)OCCCCON(O)O)OC(=O)C(N)CC(=O)O. The van der Waals surface area contributed by atoms with Crippen LogP contribution in [0.15, 0.2) is 0 Å². The summed E-state index contributed by atoms with van der Waals surface area (Å²) < 4.78 is 13.9. The molecule has 134 valence electrons. The molecule has 2 atom stereocenters. The second kappa shape index (κ2) is 11.6. The number of unbranched alkanes of at least 4 members (excludes halogenated alkanes) is 1. The van der Waals surface area contributed by atoms with Crippen LogP contribution in [0.2, 0.25) is 0 Å². The summed E-state index contributed by atoms with van der Waals surface area (Å²) in [5.74, 6) is -2.29. The number of rotatable bonds is 11. The Morgan fingerprint density at radius 3 is 2.30 bits per heavy atom. The van der Waals surface area contributed by atoms with Crippen LogP contribution >= 0.6 is 0 Å². The first-order valence-electron chi connectivity index (χ1n) is 6.54. The molecule has 0 aromatic rings. The van der Waals surface area contributed by atoms with E-state index in [9.17, 15) is 14.4 Å². The number of nitrogens with two attached hydrogens (primary N) is 1. The molecule has 5 N–H and O–H groups in total. The minimum absolute atomic E-state index is 0.000882. The van der Waals surface area contributed by atoms with Gasteiger partial charge in [-0.3, -0.25) is 24.8 Å². The van der Waals surface area contributed by atoms with Crippen LogP contribution in [0.3, 0.4) is 0 Å². The number of carboxylic acid groups (broad SMARTS) is 1. The van der Waals surface area contributed by atoms with Crippen LogP contribution < -0.4 is 5.73 Å². The van der Waals surface area contributed by atoms with Gasteiger partial charge in [-0.25, -0.2) is 4.79 Å². The highest BCUT2D eigenvalue weighted by molar-refractivity contribution is 5.81. The maximum absolute atomic E-state index is 11.4. The number of hydrogen-bond acceptors (Lipinski definition) is 11. The van der Waals surface area contributed by atoms with Crippen molar-refractivity contribution in [2.24, 2.45) is 5.73 Å². The van der Waals surface area contributed by atoms with Gasteiger partial charge >= 0.3 is 18.1 Å². The van der Waals surface area contributed by atoms with Crippen LogP contribution in [-0.2, 0) is 28.6 Å². The van der Waals surface area contributed by atoms with Crippen molar-refractivity contribution in [1.82, 2.24) is 5.39 Å². The van der Waals surface area contributed by atoms with Crippen molar-refractivity contribution in [2.75, 3.05) is 13.2 Å². The van der Waals surface area contributed by atoms with E-state index >= 15 is 0 Å². The lowest BCUT2D eigenvalue weighted by Crippen LogP contribution is -2.37. The number of ether oxygens (including phenoxy) is 3. The van der Waals surface area contributed by atoms with E-state index in [1.807, 2.05) is 0 Å². The third-order valence-corrected chi connectivity index (χ3v) is 2.21. The van der Waals surface area contributed by atoms with Crippen LogP contribution in [0.1, 0.15) is 26.2 Å². The van der Waals surface area contributed by atoms with E-state index in [-0.39, 0.29) is 13.2 Å². The third kappa shape index (κ3) is 12.3. The number of aliphatic carboxylic acids is 1. The van der Waals surface area contributed by atoms with Crippen LogP contribution in [0.25, 0.3) is 0 Å². The molecular formula is C11H20N2O10. The highest BCUT2D eigenvalue weighted by Crippen LogP contribution is 2.02. The molecule has 0 aliphatic rings. The van der Waals surface area contributed by atoms with Crippen LogP contribution in [0, 0.1) is 0 Å². The van der Waals surface area contributed by atoms with E-state index < -0.39 is 42.2 Å². The van der Waals surface area contributed by atoms with Gasteiger partial charge in [0.25, 0.3) is 0 Å². The number of carbonyl (C=O) groups excluding carboxylic acids is 2. The lowest BCUT2D eigenvalue weighted by atomic mass is 10.2. The van der Waals surface area contributed by atoms with E-state index in [0.29, 0.717) is 12.8 Å². The Balaban J connectivity index is 3.80. The van der Waals surface area contributed by atoms with Crippen molar-refractivity contribution in [3.63, 3.8) is 0 Å². The summed E-state index contributed by atoms with van der Waals surface area (Å²) in [4.78, 5) is 37.2. The smallest absolute Gasteiger partial charge is 0.481 e. The van der Waals surface area contributed by atoms with Gasteiger partial charge in [-0.15, -0.1) is 0 Å². The first-order chi connectivity index (χ1) is 10.7. The second-order valence-corrected chi connectivity index (χ2v) is 4.22. The molecule has 0 bridgehead atoms. The Labute approximate surface area is 131 Å². The Hall–Kier alpha value is -1.99. The molecule has 0 radical (unpaired) electrons. The minimum Gasteiger partial charge on any atom is -0.481 e. The average molecular weight is 340 g/mol. The largest absolute Gasteiger partial charge is 0.511 e. The molecule has 0 fully saturated rings. The first-order valence-corrected chi connectivity index (χ1v) is 6.54. The summed E-state index contributed by atoms with van der Waals surface area (Å²) in [6.07, 6.45) is -2.27. The van der Waals surface area contributed by atoms with Crippen LogP contribution in [-0.4, -0.2) is 64.6 Å². The van der Waals surface area contributed by atoms with Crippen LogP contribution in [0.5, 0.6) is 0 Å². The number of esters is 1. The van der Waals surface area contributed by atoms with Gasteiger partial charge in [-0.2, -0.15) is 0 Å². The van der Waals surface area contributed by atoms with Gasteiger partial charge < -0.3 is 25.1 Å². The van der Waals surface area contributed by atoms with E-state index in [2.05, 4.69) is 19.0 Å². The molecule has 0 aliphatic carbocycles. The maximum Gasteiger partial charge on any atom is 0.511 e. The molecule has 0 aromatic heterocycles. The number of carboxylic acids is 1. The van der Waals surface area contributed by atoms with Crippen molar-refractivity contribution in [1.29, 1.82) is 0 Å². The average Bonchev–Trinajstić information content (AvgIpc) is 2.41. The third-order valence-electron chi connectivity index (χ3n) is 2.21. The van der Waals surface area contributed by atoms with Crippen molar-refractivity contribution in [3.05, 3.63) is 0 Å². The molecule has 0 saturated carbocycles. The highest BCUT2D eigenvalue weighted by atomic mass is 17.1. The topological polar surface area (TPSA) is 178 Å². The molecule has 0 aliphatic heterocycles. The van der Waals surface area contributed by atoms with Gasteiger partial charge in [0, 0.05) is 6.92 Å². The molecule has 12 heteroatoms. The van der Waals surface area contributed by atoms with Crippen molar-refractivity contribution in [3.8, 4) is 0 Å². The quantitative estimate of drug-likeness (QED) is 0.166. The van der Waals surface area contributed by atoms with Gasteiger partial charge in [0.1, 0.15) is 6.04 Å². The predicted molar refractivity (Wildman–Crippen MR) is 68.8 cm³/mol. The van der Waals surface area contributed by atoms with Gasteiger partial charge in [0.2, 0.25) is 6.29 Å². The molecule has 0 heterocycles. The van der Waals surface area contributed by atoms with E-state index in [1.54, 1.807) is 0 Å². The van der Waals surface area contributed by atoms with E-state index in [0.717, 1.165) is 0 Å². The zero-order valence-electron chi connectivity index (χ0n) is 12.4. The van der Waals surface area contributed by atoms with Gasteiger partial charge in [0.15, 0.2) is 0 Å². The zero-order chi connectivity index (χ0) is 17.8. The standard InChI is InChI=1S/C11H20N2O10/c1-7(22-10(16)8(12)6-9(14)15)23-11(17)20-4-2-3-5-21-13(18)19/h7-8,18-19H,2-6,12H2,1H3,(H,14,15). The molecule has 0 spiro atoms. The predicted octanol–water partition coefficient (Wildman–Crippen LogP) is -0.377. The molecular weight excluding hydrogens is 320 g/mol. The monoisotopic (exact) mass is 340 g/mol. The Morgan fingerprint density at radius 2 is 1.74 bits per heavy atom. The second-order valence-electron chi connectivity index (χ2n) is 4.22. The fourth-order valence-corrected chi connectivity index (χ4v) is 1.22. The number of carbonyl (C=O) groups is 3. The fraction of sp³-hybridized carbons (Fsp3) is 0.727. The summed E-state index contributed by atoms with van der Waals surface area (Å²) in [6.45, 7) is 1.21. The molecule has 0 saturated heterocycles. The van der Waals surface area contributed by atoms with Gasteiger partial charge in [0.05, 0.1) is 25.0 Å². The first kappa shape index (κ1) is 21.0.